The summed E-state index contributed by atoms with van der Waals surface area (Å²) in [7, 11) is -3.25. The van der Waals surface area contributed by atoms with Crippen LogP contribution in [0.25, 0.3) is 0 Å². The number of ether oxygens (including phenoxy) is 8. The van der Waals surface area contributed by atoms with Crippen molar-refractivity contribution in [1.29, 1.82) is 0 Å². The summed E-state index contributed by atoms with van der Waals surface area (Å²) >= 11 is 0. The van der Waals surface area contributed by atoms with Crippen LogP contribution in [0.2, 0.25) is 0 Å². The molecule has 1 aliphatic carbocycles. The van der Waals surface area contributed by atoms with Gasteiger partial charge in [-0.2, -0.15) is 0 Å². The van der Waals surface area contributed by atoms with E-state index < -0.39 is 178 Å². The Morgan fingerprint density at radius 1 is 0.464 bits per heavy atom. The lowest BCUT2D eigenvalue weighted by molar-refractivity contribution is -0.281. The van der Waals surface area contributed by atoms with Crippen molar-refractivity contribution in [1.82, 2.24) is 58.1 Å². The van der Waals surface area contributed by atoms with E-state index in [2.05, 4.69) is 57.7 Å². The molecule has 46 heteroatoms. The summed E-state index contributed by atoms with van der Waals surface area (Å²) in [6, 6.07) is -2.79. The summed E-state index contributed by atoms with van der Waals surface area (Å²) in [5, 5.41) is 139. The normalized spacial score (nSPS) is 25.3. The summed E-state index contributed by atoms with van der Waals surface area (Å²) in [4.78, 5) is 151. The Kier molecular flexibility index (Phi) is 54.2. The van der Waals surface area contributed by atoms with Crippen LogP contribution in [0, 0.1) is 5.92 Å². The van der Waals surface area contributed by atoms with Gasteiger partial charge in [-0.1, -0.05) is 38.5 Å². The average Bonchev–Trinajstić information content (AvgIpc) is 1.02. The number of likely N-dealkylation sites (tertiary alicyclic amines) is 1. The predicted molar refractivity (Wildman–Crippen MR) is 439 cm³/mol. The smallest absolute Gasteiger partial charge is 0.396 e. The van der Waals surface area contributed by atoms with Gasteiger partial charge < -0.3 is 157 Å². The van der Waals surface area contributed by atoms with E-state index in [9.17, 15) is 118 Å². The Hall–Kier alpha value is -6.48. The van der Waals surface area contributed by atoms with Crippen molar-refractivity contribution in [2.75, 3.05) is 139 Å². The number of amides is 11. The molecule has 722 valence electrons. The predicted octanol–water partition coefficient (Wildman–Crippen LogP) is -5.46. The van der Waals surface area contributed by atoms with Gasteiger partial charge in [-0.15, -0.1) is 0 Å². The number of carbonyl (C=O) groups is 11. The Balaban J connectivity index is 1.31. The second-order valence-corrected chi connectivity index (χ2v) is 33.4. The van der Waals surface area contributed by atoms with E-state index in [0.717, 1.165) is 46.1 Å². The van der Waals surface area contributed by atoms with Gasteiger partial charge in [0.25, 0.3) is 0 Å². The fourth-order valence-electron chi connectivity index (χ4n) is 14.5. The zero-order valence-electron chi connectivity index (χ0n) is 72.5. The fourth-order valence-corrected chi connectivity index (χ4v) is 15.0. The van der Waals surface area contributed by atoms with Crippen LogP contribution in [0.3, 0.4) is 0 Å². The van der Waals surface area contributed by atoms with Crippen LogP contribution in [-0.2, 0) is 104 Å². The molecule has 11 amide bonds. The van der Waals surface area contributed by atoms with E-state index in [1.165, 1.54) is 18.7 Å². The van der Waals surface area contributed by atoms with Crippen LogP contribution in [0.5, 0.6) is 0 Å². The number of β-amino-alcohol motifs (C(OH)–C–C–N with tert-alkyl or cyclic N) is 1. The van der Waals surface area contributed by atoms with Gasteiger partial charge in [0.05, 0.1) is 84.3 Å². The molecule has 125 heavy (non-hydrogen) atoms. The van der Waals surface area contributed by atoms with E-state index in [-0.39, 0.29) is 200 Å². The molecule has 0 aromatic heterocycles. The van der Waals surface area contributed by atoms with E-state index >= 15 is 0 Å². The standard InChI is InChI=1S/C79H142N11O34P/c1-51(94)86-67-72(109)70(107)57(45-92)123-75(67)119-36-16-13-22-59(98)80-30-19-33-83-62(101)27-39-116-48-78(89-65(104)25-11-9-7-5-6-8-10-12-26-66(105)90-43-55(97)42-54(90)47-122-125(113,114)115-4,49-117-40-28-63(102)84-34-20-31-81-60(99)23-14-17-37-120-76-68(87-52(2)95)73(110)71(108)58(46-93)124-76)50-118-41-29-64(103)85-35-21-32-82-61(100)24-15-18-38-121-77(112)79(88-53(3)96)56(44-91)69(106)74(79)111/h54-58,67-77,91-93,97,106-112H,5-50H2,1-4H3,(H,80,98)(H,81,99)(H,82,100)(H,83,101)(H,84,102)(H,85,103)(H,86,94)(H,87,95)(H,88,96)(H,89,104)(H,113,114)/t54-,55+,56?,57?,58?,67+,68+,69+,70+,71+,72?,73?,74?,75-,76-,77+,78?,79+/m1/s1. The summed E-state index contributed by atoms with van der Waals surface area (Å²) in [6.07, 6.45) is -6.70. The molecule has 18 atom stereocenters. The van der Waals surface area contributed by atoms with Crippen LogP contribution < -0.4 is 53.2 Å². The molecule has 3 saturated heterocycles. The lowest BCUT2D eigenvalue weighted by atomic mass is 9.61. The minimum Gasteiger partial charge on any atom is -0.396 e. The van der Waals surface area contributed by atoms with E-state index in [1.807, 2.05) is 0 Å². The minimum atomic E-state index is -4.28. The summed E-state index contributed by atoms with van der Waals surface area (Å²) in [5.74, 6) is -5.38. The first-order valence-corrected chi connectivity index (χ1v) is 44.9. The Bertz CT molecular complexity index is 3080. The van der Waals surface area contributed by atoms with Gasteiger partial charge in [0.15, 0.2) is 18.9 Å². The molecule has 3 aliphatic heterocycles. The number of carbonyl (C=O) groups excluding carboxylic acids is 11. The summed E-state index contributed by atoms with van der Waals surface area (Å²) in [5.41, 5.74) is -3.30. The molecule has 0 aromatic rings. The highest BCUT2D eigenvalue weighted by Gasteiger charge is 2.66. The summed E-state index contributed by atoms with van der Waals surface area (Å²) < 4.78 is 67.6. The number of aliphatic hydroxyl groups is 11. The quantitative estimate of drug-likeness (QED) is 0.0153. The number of nitrogens with zero attached hydrogens (tertiary/aromatic N) is 1. The Labute approximate surface area is 728 Å². The van der Waals surface area contributed by atoms with E-state index in [0.29, 0.717) is 70.6 Å². The highest BCUT2D eigenvalue weighted by Crippen LogP contribution is 2.44. The molecule has 4 rings (SSSR count). The van der Waals surface area contributed by atoms with Gasteiger partial charge in [-0.05, 0) is 77.0 Å². The number of phosphoric acid groups is 1. The van der Waals surface area contributed by atoms with Crippen molar-refractivity contribution >= 4 is 72.8 Å². The zero-order chi connectivity index (χ0) is 92.3. The van der Waals surface area contributed by atoms with E-state index in [4.69, 9.17) is 42.4 Å². The maximum Gasteiger partial charge on any atom is 0.471 e. The van der Waals surface area contributed by atoms with E-state index in [1.54, 1.807) is 0 Å². The Morgan fingerprint density at radius 2 is 0.840 bits per heavy atom. The third-order valence-corrected chi connectivity index (χ3v) is 22.4. The van der Waals surface area contributed by atoms with Crippen LogP contribution in [0.15, 0.2) is 0 Å². The van der Waals surface area contributed by atoms with Gasteiger partial charge in [0.2, 0.25) is 65.0 Å². The lowest BCUT2D eigenvalue weighted by Gasteiger charge is -2.57. The SMILES string of the molecule is COP(=O)(O)OC[C@H]1C[C@H](O)CN1C(=O)CCCCCCCCCCC(=O)NC(COCCC(=O)NCCCNC(=O)CCCCO[C@@H]1OC(CO)[C@H](O)C(O)[C@@H]1NC(C)=O)(COCCC(=O)NCCCNC(=O)CCCCO[C@@H]1OC(CO)[C@H](O)C(O)[C@@H]1NC(C)=O)COCCC(=O)NCCCNC(=O)CCCCO[C@H](O)[C@@]1(NC(C)=O)C(O)[C@@H](O)C1CO. The largest absolute Gasteiger partial charge is 0.471 e. The number of unbranched alkanes of at least 4 members (excludes halogenated alkanes) is 10. The zero-order valence-corrected chi connectivity index (χ0v) is 73.4. The maximum absolute atomic E-state index is 14.1. The monoisotopic (exact) mass is 1820 g/mol. The van der Waals surface area contributed by atoms with Gasteiger partial charge >= 0.3 is 7.82 Å². The molecule has 1 saturated carbocycles. The summed E-state index contributed by atoms with van der Waals surface area (Å²) in [6.45, 7) is 1.45. The van der Waals surface area contributed by atoms with Crippen molar-refractivity contribution in [2.24, 2.45) is 5.92 Å². The number of rotatable bonds is 68. The number of phosphoric ester groups is 1. The fraction of sp³-hybridized carbons (Fsp3) is 0.861. The van der Waals surface area contributed by atoms with Crippen LogP contribution in [0.1, 0.15) is 188 Å². The number of aliphatic hydroxyl groups excluding tert-OH is 11. The first kappa shape index (κ1) is 111. The molecule has 4 fully saturated rings. The molecule has 3 heterocycles. The average molecular weight is 1820 g/mol. The minimum absolute atomic E-state index is 0.0620. The van der Waals surface area contributed by atoms with Crippen LogP contribution in [-0.4, -0.2) is 373 Å². The second-order valence-electron chi connectivity index (χ2n) is 31.8. The van der Waals surface area contributed by atoms with Crippen molar-refractivity contribution < 1.29 is 165 Å². The van der Waals surface area contributed by atoms with Gasteiger partial charge in [-0.25, -0.2) is 4.57 Å². The van der Waals surface area contributed by atoms with Gasteiger partial charge in [0, 0.05) is 151 Å². The lowest BCUT2D eigenvalue weighted by Crippen LogP contribution is -2.82. The van der Waals surface area contributed by atoms with Gasteiger partial charge in [0.1, 0.15) is 65.9 Å². The molecule has 22 N–H and O–H groups in total. The molecule has 0 aromatic carbocycles. The molecule has 7 unspecified atom stereocenters. The molecular weight excluding hydrogens is 1680 g/mol. The third kappa shape index (κ3) is 41.9. The van der Waals surface area contributed by atoms with Crippen molar-refractivity contribution in [3.05, 3.63) is 0 Å². The third-order valence-electron chi connectivity index (χ3n) is 21.4. The Morgan fingerprint density at radius 3 is 1.22 bits per heavy atom. The molecular formula is C79H142N11O34P. The molecule has 4 aliphatic rings. The van der Waals surface area contributed by atoms with Crippen molar-refractivity contribution in [3.8, 4) is 0 Å². The van der Waals surface area contributed by atoms with Crippen LogP contribution in [0.4, 0.5) is 0 Å². The first-order chi connectivity index (χ1) is 59.7. The number of nitrogens with one attached hydrogen (secondary N) is 10. The maximum atomic E-state index is 14.1. The molecule has 0 radical (unpaired) electrons. The highest BCUT2D eigenvalue weighted by molar-refractivity contribution is 7.47. The highest BCUT2D eigenvalue weighted by atomic mass is 31.2. The van der Waals surface area contributed by atoms with Crippen LogP contribution >= 0.6 is 7.82 Å². The first-order valence-electron chi connectivity index (χ1n) is 43.4. The van der Waals surface area contributed by atoms with Crippen molar-refractivity contribution in [3.63, 3.8) is 0 Å². The van der Waals surface area contributed by atoms with Crippen molar-refractivity contribution in [2.45, 2.75) is 291 Å². The van der Waals surface area contributed by atoms with Gasteiger partial charge in [-0.3, -0.25) is 61.8 Å². The number of hydrogen-bond acceptors (Lipinski definition) is 33. The topological polar surface area (TPSA) is 663 Å². The molecule has 0 bridgehead atoms. The second kappa shape index (κ2) is 61.2. The molecule has 45 nitrogen and oxygen atoms in total. The number of hydrogen-bond donors (Lipinski definition) is 22. The molecule has 0 spiro atoms.